The van der Waals surface area contributed by atoms with Gasteiger partial charge in [0.15, 0.2) is 0 Å². The molecule has 160 valence electrons. The molecule has 10 heteroatoms. The molecule has 1 aromatic heterocycles. The van der Waals surface area contributed by atoms with E-state index in [-0.39, 0.29) is 5.75 Å². The molecule has 0 saturated heterocycles. The van der Waals surface area contributed by atoms with E-state index in [1.807, 2.05) is 42.5 Å². The molecular formula is C21H14Cl3NO6. The van der Waals surface area contributed by atoms with Gasteiger partial charge in [0.05, 0.1) is 21.5 Å². The molecule has 0 bridgehead atoms. The van der Waals surface area contributed by atoms with E-state index in [0.29, 0.717) is 21.4 Å². The number of nitrogens with one attached hydrogen (secondary N) is 1. The number of phenols is 1. The highest BCUT2D eigenvalue weighted by molar-refractivity contribution is 6.42. The molecule has 7 nitrogen and oxygen atoms in total. The van der Waals surface area contributed by atoms with Gasteiger partial charge in [-0.1, -0.05) is 53.5 Å². The van der Waals surface area contributed by atoms with Crippen molar-refractivity contribution in [1.29, 1.82) is 0 Å². The van der Waals surface area contributed by atoms with Crippen molar-refractivity contribution < 1.29 is 43.4 Å². The van der Waals surface area contributed by atoms with Crippen LogP contribution < -0.4 is 29.0 Å². The topological polar surface area (TPSA) is 140 Å². The smallest absolute Gasteiger partial charge is 0.218 e. The van der Waals surface area contributed by atoms with Crippen LogP contribution in [0.25, 0.3) is 22.3 Å². The van der Waals surface area contributed by atoms with Crippen LogP contribution in [0.1, 0.15) is 0 Å². The average Bonchev–Trinajstić information content (AvgIpc) is 2.70. The van der Waals surface area contributed by atoms with Crippen LogP contribution in [0.4, 0.5) is 5.69 Å². The molecule has 3 aromatic carbocycles. The first-order valence-electron chi connectivity index (χ1n) is 8.59. The Kier molecular flexibility index (Phi) is 7.19. The molecule has 4 rings (SSSR count). The third-order valence-electron chi connectivity index (χ3n) is 4.01. The van der Waals surface area contributed by atoms with Crippen molar-refractivity contribution in [3.63, 3.8) is 0 Å². The Balaban J connectivity index is 0.000000491. The van der Waals surface area contributed by atoms with Crippen molar-refractivity contribution in [3.05, 3.63) is 88.2 Å². The van der Waals surface area contributed by atoms with Gasteiger partial charge >= 0.3 is 0 Å². The summed E-state index contributed by atoms with van der Waals surface area (Å²) in [4.78, 5) is 3.34. The summed E-state index contributed by atoms with van der Waals surface area (Å²) in [5.41, 5.74) is 2.40. The van der Waals surface area contributed by atoms with Crippen LogP contribution in [0.2, 0.25) is 10.0 Å². The quantitative estimate of drug-likeness (QED) is 0.401. The van der Waals surface area contributed by atoms with Gasteiger partial charge in [-0.25, -0.2) is 23.6 Å². The van der Waals surface area contributed by atoms with Crippen LogP contribution in [-0.2, 0) is 0 Å². The van der Waals surface area contributed by atoms with E-state index in [4.69, 9.17) is 46.3 Å². The Hall–Kier alpha value is -2.62. The van der Waals surface area contributed by atoms with Gasteiger partial charge in [-0.2, -0.15) is 0 Å². The fraction of sp³-hybridized carbons (Fsp3) is 0. The zero-order valence-electron chi connectivity index (χ0n) is 15.6. The fourth-order valence-electron chi connectivity index (χ4n) is 2.75. The Bertz CT molecular complexity index is 1260. The van der Waals surface area contributed by atoms with E-state index < -0.39 is 10.2 Å². The van der Waals surface area contributed by atoms with Crippen molar-refractivity contribution in [2.45, 2.75) is 0 Å². The summed E-state index contributed by atoms with van der Waals surface area (Å²) in [5.74, 6) is 0.878. The lowest BCUT2D eigenvalue weighted by Crippen LogP contribution is -2.70. The molecule has 31 heavy (non-hydrogen) atoms. The first-order valence-corrected chi connectivity index (χ1v) is 10.6. The van der Waals surface area contributed by atoms with Crippen LogP contribution in [0.15, 0.2) is 77.2 Å². The van der Waals surface area contributed by atoms with Crippen molar-refractivity contribution in [2.24, 2.45) is 0 Å². The Morgan fingerprint density at radius 1 is 0.806 bits per heavy atom. The third-order valence-corrected chi connectivity index (χ3v) is 4.74. The van der Waals surface area contributed by atoms with Crippen molar-refractivity contribution in [1.82, 2.24) is 0 Å². The second-order valence-electron chi connectivity index (χ2n) is 6.20. The molecule has 1 heterocycles. The zero-order chi connectivity index (χ0) is 22.6. The minimum absolute atomic E-state index is 0.164. The van der Waals surface area contributed by atoms with E-state index in [1.165, 1.54) is 0 Å². The van der Waals surface area contributed by atoms with Gasteiger partial charge in [0.25, 0.3) is 0 Å². The minimum Gasteiger partial charge on any atom is -0.508 e. The zero-order valence-corrected chi connectivity index (χ0v) is 17.8. The largest absolute Gasteiger partial charge is 0.508 e. The molecule has 0 fully saturated rings. The molecule has 0 unspecified atom stereocenters. The van der Waals surface area contributed by atoms with Gasteiger partial charge in [0.1, 0.15) is 17.1 Å². The normalized spacial score (nSPS) is 11.9. The lowest BCUT2D eigenvalue weighted by molar-refractivity contribution is -2.00. The molecule has 2 N–H and O–H groups in total. The predicted molar refractivity (Wildman–Crippen MR) is 104 cm³/mol. The highest BCUT2D eigenvalue weighted by atomic mass is 35.7. The standard InChI is InChI=1S/C21H13Cl2NO2.ClHO4/c22-17-8-6-14(10-18(17)23)24-19-12-21(13-4-2-1-3-5-13)26-20-9-7-15(25)11-16(19)20;2-1(3,4)5/h1-12,25H;(H,2,3,4,5). The first-order chi connectivity index (χ1) is 14.6. The molecule has 0 aliphatic heterocycles. The second kappa shape index (κ2) is 9.67. The summed E-state index contributed by atoms with van der Waals surface area (Å²) in [6.45, 7) is 0. The Labute approximate surface area is 188 Å². The summed E-state index contributed by atoms with van der Waals surface area (Å²) in [7, 11) is -4.94. The molecule has 0 radical (unpaired) electrons. The summed E-state index contributed by atoms with van der Waals surface area (Å²) in [6, 6.07) is 22.1. The Morgan fingerprint density at radius 3 is 2.13 bits per heavy atom. The number of phenolic OH excluding ortho intramolecular Hbond substituents is 1. The van der Waals surface area contributed by atoms with Crippen LogP contribution in [-0.4, -0.2) is 5.11 Å². The van der Waals surface area contributed by atoms with Crippen LogP contribution in [0.5, 0.6) is 5.75 Å². The van der Waals surface area contributed by atoms with E-state index in [2.05, 4.69) is 4.99 Å². The molecule has 0 aliphatic rings. The fourth-order valence-corrected chi connectivity index (χ4v) is 3.05. The van der Waals surface area contributed by atoms with Crippen LogP contribution >= 0.6 is 23.2 Å². The maximum absolute atomic E-state index is 9.88. The highest BCUT2D eigenvalue weighted by Gasteiger charge is 2.11. The monoisotopic (exact) mass is 481 g/mol. The number of hydrogen-bond acceptors (Lipinski definition) is 6. The molecule has 0 aliphatic carbocycles. The summed E-state index contributed by atoms with van der Waals surface area (Å²) in [5, 5.41) is 12.4. The maximum Gasteiger partial charge on any atom is 0.218 e. The molecular weight excluding hydrogens is 469 g/mol. The van der Waals surface area contributed by atoms with Crippen molar-refractivity contribution in [2.75, 3.05) is 0 Å². The number of fused-ring (bicyclic) bond motifs is 1. The lowest BCUT2D eigenvalue weighted by Gasteiger charge is -2.17. The molecule has 0 amide bonds. The summed E-state index contributed by atoms with van der Waals surface area (Å²) >= 11 is 12.1. The van der Waals surface area contributed by atoms with Crippen molar-refractivity contribution >= 4 is 39.9 Å². The molecule has 0 spiro atoms. The predicted octanol–water partition coefficient (Wildman–Crippen LogP) is -0.331. The Morgan fingerprint density at radius 2 is 1.48 bits per heavy atom. The lowest BCUT2D eigenvalue weighted by atomic mass is 10.1. The number of rotatable bonds is 2. The minimum atomic E-state index is -4.94. The number of hydrogen-bond donors (Lipinski definition) is 2. The van der Waals surface area contributed by atoms with Gasteiger partial charge in [0.2, 0.25) is 11.0 Å². The molecule has 0 atom stereocenters. The SMILES string of the molecule is Oc1ccc2oc(-c3ccccc3)cc(=[NH+]c3ccc(Cl)c(Cl)c3)c2c1.[O-][Cl+3]([O-])([O-])[O-]. The third kappa shape index (κ3) is 6.68. The van der Waals surface area contributed by atoms with E-state index in [0.717, 1.165) is 22.0 Å². The van der Waals surface area contributed by atoms with E-state index >= 15 is 0 Å². The van der Waals surface area contributed by atoms with Gasteiger partial charge in [0, 0.05) is 17.7 Å². The van der Waals surface area contributed by atoms with Crippen LogP contribution in [0, 0.1) is 10.2 Å². The van der Waals surface area contributed by atoms with Gasteiger partial charge < -0.3 is 9.52 Å². The number of halogens is 3. The highest BCUT2D eigenvalue weighted by Crippen LogP contribution is 2.24. The first kappa shape index (κ1) is 23.1. The summed E-state index contributed by atoms with van der Waals surface area (Å²) in [6.07, 6.45) is 0. The second-order valence-corrected chi connectivity index (χ2v) is 7.77. The molecule has 0 saturated carbocycles. The van der Waals surface area contributed by atoms with Crippen molar-refractivity contribution in [3.8, 4) is 17.1 Å². The summed E-state index contributed by atoms with van der Waals surface area (Å²) < 4.78 is 40.0. The average molecular weight is 483 g/mol. The maximum atomic E-state index is 9.88. The van der Waals surface area contributed by atoms with Gasteiger partial charge in [-0.15, -0.1) is 10.2 Å². The van der Waals surface area contributed by atoms with Crippen LogP contribution in [0.3, 0.4) is 0 Å². The van der Waals surface area contributed by atoms with E-state index in [1.54, 1.807) is 30.3 Å². The van der Waals surface area contributed by atoms with E-state index in [9.17, 15) is 5.11 Å². The molecule has 4 aromatic rings. The van der Waals surface area contributed by atoms with Gasteiger partial charge in [-0.05, 0) is 24.3 Å². The number of benzene rings is 3. The van der Waals surface area contributed by atoms with Gasteiger partial charge in [-0.3, -0.25) is 0 Å². The number of aromatic hydroxyl groups is 1.